The van der Waals surface area contributed by atoms with Crippen molar-refractivity contribution in [3.8, 4) is 0 Å². The van der Waals surface area contributed by atoms with Crippen LogP contribution < -0.4 is 10.6 Å². The van der Waals surface area contributed by atoms with Crippen LogP contribution in [0.2, 0.25) is 0 Å². The number of amides is 1. The van der Waals surface area contributed by atoms with Crippen LogP contribution in [0.4, 0.5) is 0 Å². The Hall–Kier alpha value is -2.04. The number of nitrogens with one attached hydrogen (secondary N) is 2. The van der Waals surface area contributed by atoms with Crippen LogP contribution in [-0.4, -0.2) is 51.5 Å². The van der Waals surface area contributed by atoms with E-state index in [2.05, 4.69) is 15.6 Å². The summed E-state index contributed by atoms with van der Waals surface area (Å²) in [5.74, 6) is 0.793. The van der Waals surface area contributed by atoms with Crippen LogP contribution in [0.15, 0.2) is 29.3 Å². The molecule has 1 aromatic rings. The number of aliphatic imine (C=N–C) groups is 1. The van der Waals surface area contributed by atoms with Crippen LogP contribution in [-0.2, 0) is 6.42 Å². The molecule has 0 aliphatic heterocycles. The molecular formula is C14H22N4O. The number of nitrogens with zero attached hydrogens (tertiary/aromatic N) is 2. The van der Waals surface area contributed by atoms with Crippen LogP contribution in [0, 0.1) is 0 Å². The Kier molecular flexibility index (Phi) is 5.85. The Bertz CT molecular complexity index is 455. The first-order valence-electron chi connectivity index (χ1n) is 6.27. The van der Waals surface area contributed by atoms with Gasteiger partial charge in [0.05, 0.1) is 0 Å². The lowest BCUT2D eigenvalue weighted by atomic mass is 10.1. The summed E-state index contributed by atoms with van der Waals surface area (Å²) in [6.45, 7) is 0.771. The summed E-state index contributed by atoms with van der Waals surface area (Å²) >= 11 is 0. The van der Waals surface area contributed by atoms with Gasteiger partial charge >= 0.3 is 0 Å². The number of carbonyl (C=O) groups is 1. The molecule has 0 bridgehead atoms. The van der Waals surface area contributed by atoms with Crippen molar-refractivity contribution in [1.29, 1.82) is 0 Å². The largest absolute Gasteiger partial charge is 0.359 e. The first kappa shape index (κ1) is 15.0. The predicted molar refractivity (Wildman–Crippen MR) is 78.6 cm³/mol. The lowest BCUT2D eigenvalue weighted by molar-refractivity contribution is 0.0827. The van der Waals surface area contributed by atoms with Gasteiger partial charge < -0.3 is 15.5 Å². The summed E-state index contributed by atoms with van der Waals surface area (Å²) in [4.78, 5) is 17.5. The van der Waals surface area contributed by atoms with Gasteiger partial charge in [0.15, 0.2) is 5.96 Å². The topological polar surface area (TPSA) is 56.7 Å². The van der Waals surface area contributed by atoms with Gasteiger partial charge in [0.25, 0.3) is 5.91 Å². The van der Waals surface area contributed by atoms with E-state index in [1.807, 2.05) is 31.3 Å². The second-order valence-corrected chi connectivity index (χ2v) is 4.40. The first-order chi connectivity index (χ1) is 9.08. The van der Waals surface area contributed by atoms with E-state index in [-0.39, 0.29) is 5.91 Å². The number of rotatable bonds is 4. The van der Waals surface area contributed by atoms with E-state index < -0.39 is 0 Å². The maximum Gasteiger partial charge on any atom is 0.253 e. The number of carbonyl (C=O) groups excluding carboxylic acids is 1. The van der Waals surface area contributed by atoms with E-state index in [0.29, 0.717) is 0 Å². The van der Waals surface area contributed by atoms with E-state index in [1.165, 1.54) is 0 Å². The Labute approximate surface area is 114 Å². The van der Waals surface area contributed by atoms with Gasteiger partial charge in [-0.1, -0.05) is 12.1 Å². The van der Waals surface area contributed by atoms with Crippen molar-refractivity contribution in [1.82, 2.24) is 15.5 Å². The molecule has 104 valence electrons. The van der Waals surface area contributed by atoms with Crippen molar-refractivity contribution in [2.75, 3.05) is 34.7 Å². The summed E-state index contributed by atoms with van der Waals surface area (Å²) in [5.41, 5.74) is 1.85. The lowest BCUT2D eigenvalue weighted by Crippen LogP contribution is -2.35. The Morgan fingerprint density at radius 2 is 2.11 bits per heavy atom. The van der Waals surface area contributed by atoms with Crippen molar-refractivity contribution >= 4 is 11.9 Å². The van der Waals surface area contributed by atoms with Crippen molar-refractivity contribution in [2.24, 2.45) is 4.99 Å². The molecule has 0 aliphatic carbocycles. The van der Waals surface area contributed by atoms with E-state index in [0.717, 1.165) is 30.1 Å². The van der Waals surface area contributed by atoms with Crippen molar-refractivity contribution in [3.05, 3.63) is 35.4 Å². The highest BCUT2D eigenvalue weighted by molar-refractivity contribution is 5.94. The predicted octanol–water partition coefficient (Wildman–Crippen LogP) is 0.726. The molecular weight excluding hydrogens is 240 g/mol. The van der Waals surface area contributed by atoms with Crippen LogP contribution in [0.5, 0.6) is 0 Å². The third-order valence-corrected chi connectivity index (χ3v) is 2.75. The maximum absolute atomic E-state index is 11.9. The molecule has 0 unspecified atom stereocenters. The monoisotopic (exact) mass is 262 g/mol. The highest BCUT2D eigenvalue weighted by Gasteiger charge is 2.07. The summed E-state index contributed by atoms with van der Waals surface area (Å²) in [6, 6.07) is 7.72. The summed E-state index contributed by atoms with van der Waals surface area (Å²) < 4.78 is 0. The minimum atomic E-state index is 0.0286. The van der Waals surface area contributed by atoms with Crippen LogP contribution >= 0.6 is 0 Å². The summed E-state index contributed by atoms with van der Waals surface area (Å²) in [5, 5.41) is 6.14. The molecule has 0 atom stereocenters. The fourth-order valence-corrected chi connectivity index (χ4v) is 1.72. The molecule has 19 heavy (non-hydrogen) atoms. The van der Waals surface area contributed by atoms with Gasteiger partial charge in [-0.3, -0.25) is 9.79 Å². The zero-order valence-electron chi connectivity index (χ0n) is 12.0. The van der Waals surface area contributed by atoms with Crippen molar-refractivity contribution in [2.45, 2.75) is 6.42 Å². The zero-order valence-corrected chi connectivity index (χ0v) is 12.0. The highest BCUT2D eigenvalue weighted by atomic mass is 16.2. The van der Waals surface area contributed by atoms with Crippen LogP contribution in [0.1, 0.15) is 15.9 Å². The van der Waals surface area contributed by atoms with E-state index in [4.69, 9.17) is 0 Å². The standard InChI is InChI=1S/C14H22N4O/c1-15-14(16-2)17-9-8-11-6-5-7-12(10-11)13(19)18(3)4/h5-7,10H,8-9H2,1-4H3,(H2,15,16,17). The first-order valence-corrected chi connectivity index (χ1v) is 6.27. The van der Waals surface area contributed by atoms with Gasteiger partial charge in [0, 0.05) is 40.3 Å². The maximum atomic E-state index is 11.9. The SMILES string of the molecule is CN=C(NC)NCCc1cccc(C(=O)N(C)C)c1. The molecule has 1 amide bonds. The Morgan fingerprint density at radius 1 is 1.37 bits per heavy atom. The van der Waals surface area contributed by atoms with Gasteiger partial charge in [-0.15, -0.1) is 0 Å². The van der Waals surface area contributed by atoms with Gasteiger partial charge in [-0.25, -0.2) is 0 Å². The van der Waals surface area contributed by atoms with Crippen LogP contribution in [0.3, 0.4) is 0 Å². The molecule has 1 rings (SSSR count). The van der Waals surface area contributed by atoms with E-state index >= 15 is 0 Å². The van der Waals surface area contributed by atoms with E-state index in [9.17, 15) is 4.79 Å². The molecule has 0 radical (unpaired) electrons. The molecule has 5 heteroatoms. The van der Waals surface area contributed by atoms with Crippen LogP contribution in [0.25, 0.3) is 0 Å². The zero-order chi connectivity index (χ0) is 14.3. The van der Waals surface area contributed by atoms with E-state index in [1.54, 1.807) is 26.0 Å². The molecule has 0 saturated carbocycles. The van der Waals surface area contributed by atoms with Crippen molar-refractivity contribution in [3.63, 3.8) is 0 Å². The van der Waals surface area contributed by atoms with Gasteiger partial charge in [-0.2, -0.15) is 0 Å². The smallest absolute Gasteiger partial charge is 0.253 e. The fourth-order valence-electron chi connectivity index (χ4n) is 1.72. The Balaban J connectivity index is 2.60. The number of hydrogen-bond acceptors (Lipinski definition) is 2. The molecule has 0 saturated heterocycles. The third kappa shape index (κ3) is 4.62. The average molecular weight is 262 g/mol. The normalized spacial score (nSPS) is 11.1. The van der Waals surface area contributed by atoms with Gasteiger partial charge in [0.2, 0.25) is 0 Å². The molecule has 5 nitrogen and oxygen atoms in total. The quantitative estimate of drug-likeness (QED) is 0.621. The lowest BCUT2D eigenvalue weighted by Gasteiger charge is -2.12. The number of benzene rings is 1. The number of hydrogen-bond donors (Lipinski definition) is 2. The highest BCUT2D eigenvalue weighted by Crippen LogP contribution is 2.07. The minimum absolute atomic E-state index is 0.0286. The molecule has 1 aromatic carbocycles. The molecule has 0 spiro atoms. The Morgan fingerprint density at radius 3 is 2.68 bits per heavy atom. The van der Waals surface area contributed by atoms with Gasteiger partial charge in [-0.05, 0) is 24.1 Å². The third-order valence-electron chi connectivity index (χ3n) is 2.75. The minimum Gasteiger partial charge on any atom is -0.359 e. The summed E-state index contributed by atoms with van der Waals surface area (Å²) in [6.07, 6.45) is 0.843. The second-order valence-electron chi connectivity index (χ2n) is 4.40. The van der Waals surface area contributed by atoms with Gasteiger partial charge in [0.1, 0.15) is 0 Å². The average Bonchev–Trinajstić information content (AvgIpc) is 2.43. The molecule has 0 heterocycles. The molecule has 0 aliphatic rings. The van der Waals surface area contributed by atoms with Crippen molar-refractivity contribution < 1.29 is 4.79 Å². The summed E-state index contributed by atoms with van der Waals surface area (Å²) in [7, 11) is 7.07. The fraction of sp³-hybridized carbons (Fsp3) is 0.429. The molecule has 0 aromatic heterocycles. The molecule has 2 N–H and O–H groups in total. The molecule has 0 fully saturated rings. The number of guanidine groups is 1. The second kappa shape index (κ2) is 7.41.